The van der Waals surface area contributed by atoms with Crippen molar-refractivity contribution < 1.29 is 19.8 Å². The second-order valence-corrected chi connectivity index (χ2v) is 5.44. The Balaban J connectivity index is 1.84. The van der Waals surface area contributed by atoms with Crippen molar-refractivity contribution in [1.29, 1.82) is 0 Å². The van der Waals surface area contributed by atoms with Gasteiger partial charge < -0.3 is 15.5 Å². The molecule has 1 amide bonds. The lowest BCUT2D eigenvalue weighted by atomic mass is 10.1. The van der Waals surface area contributed by atoms with E-state index in [9.17, 15) is 14.7 Å². The summed E-state index contributed by atoms with van der Waals surface area (Å²) in [6.07, 6.45) is -0.517. The molecule has 6 nitrogen and oxygen atoms in total. The van der Waals surface area contributed by atoms with E-state index in [4.69, 9.17) is 5.11 Å². The number of likely N-dealkylation sites (tertiary alicyclic amines) is 1. The molecular weight excluding hydrogens is 272 g/mol. The van der Waals surface area contributed by atoms with E-state index in [0.717, 1.165) is 11.1 Å². The number of amides is 1. The fourth-order valence-corrected chi connectivity index (χ4v) is 2.46. The normalized spacial score (nSPS) is 22.2. The number of hydrogen-bond donors (Lipinski definition) is 3. The summed E-state index contributed by atoms with van der Waals surface area (Å²) in [7, 11) is 0. The summed E-state index contributed by atoms with van der Waals surface area (Å²) >= 11 is 0. The van der Waals surface area contributed by atoms with Gasteiger partial charge in [-0.3, -0.25) is 14.5 Å². The minimum absolute atomic E-state index is 0.0140. The van der Waals surface area contributed by atoms with Gasteiger partial charge in [0.05, 0.1) is 12.6 Å². The molecular formula is C15H20N2O4. The maximum atomic E-state index is 11.9. The van der Waals surface area contributed by atoms with Crippen molar-refractivity contribution in [3.63, 3.8) is 0 Å². The number of rotatable bonds is 5. The van der Waals surface area contributed by atoms with Crippen LogP contribution in [0.1, 0.15) is 17.5 Å². The van der Waals surface area contributed by atoms with Crippen molar-refractivity contribution in [3.8, 4) is 0 Å². The zero-order chi connectivity index (χ0) is 15.4. The molecule has 1 aromatic carbocycles. The van der Waals surface area contributed by atoms with Gasteiger partial charge in [0.25, 0.3) is 0 Å². The Morgan fingerprint density at radius 2 is 2.00 bits per heavy atom. The van der Waals surface area contributed by atoms with Gasteiger partial charge in [0.2, 0.25) is 5.91 Å². The zero-order valence-electron chi connectivity index (χ0n) is 12.0. The Morgan fingerprint density at radius 1 is 1.33 bits per heavy atom. The standard InChI is InChI=1S/C15H20N2O4/c1-10-2-4-11(5-3-10)7-16-14(19)9-17-8-12(18)6-13(17)15(20)21/h2-5,12-13,18H,6-9H2,1H3,(H,16,19)(H,20,21). The molecule has 2 rings (SSSR count). The third-order valence-electron chi connectivity index (χ3n) is 3.62. The number of hydrogen-bond acceptors (Lipinski definition) is 4. The molecule has 1 aromatic rings. The number of aryl methyl sites for hydroxylation is 1. The number of nitrogens with one attached hydrogen (secondary N) is 1. The highest BCUT2D eigenvalue weighted by Gasteiger charge is 2.36. The van der Waals surface area contributed by atoms with Gasteiger partial charge in [-0.25, -0.2) is 0 Å². The number of benzene rings is 1. The van der Waals surface area contributed by atoms with Crippen molar-refractivity contribution in [1.82, 2.24) is 10.2 Å². The Morgan fingerprint density at radius 3 is 2.62 bits per heavy atom. The summed E-state index contributed by atoms with van der Waals surface area (Å²) in [4.78, 5) is 24.5. The number of aliphatic hydroxyl groups excluding tert-OH is 1. The Labute approximate surface area is 123 Å². The monoisotopic (exact) mass is 292 g/mol. The highest BCUT2D eigenvalue weighted by molar-refractivity contribution is 5.80. The van der Waals surface area contributed by atoms with Gasteiger partial charge in [-0.05, 0) is 12.5 Å². The number of carbonyl (C=O) groups is 2. The Bertz CT molecular complexity index is 515. The van der Waals surface area contributed by atoms with E-state index in [1.165, 1.54) is 4.90 Å². The van der Waals surface area contributed by atoms with E-state index in [0.29, 0.717) is 6.54 Å². The van der Waals surface area contributed by atoms with Crippen LogP contribution >= 0.6 is 0 Å². The van der Waals surface area contributed by atoms with Crippen LogP contribution < -0.4 is 5.32 Å². The second kappa shape index (κ2) is 6.69. The maximum absolute atomic E-state index is 11.9. The van der Waals surface area contributed by atoms with Gasteiger partial charge in [0, 0.05) is 19.5 Å². The van der Waals surface area contributed by atoms with Crippen molar-refractivity contribution in [3.05, 3.63) is 35.4 Å². The molecule has 3 N–H and O–H groups in total. The van der Waals surface area contributed by atoms with Crippen molar-refractivity contribution in [2.75, 3.05) is 13.1 Å². The predicted octanol–water partition coefficient (Wildman–Crippen LogP) is 0.131. The molecule has 1 aliphatic rings. The van der Waals surface area contributed by atoms with Crippen LogP contribution in [0.15, 0.2) is 24.3 Å². The first-order chi connectivity index (χ1) is 9.95. The molecule has 6 heteroatoms. The van der Waals surface area contributed by atoms with Crippen LogP contribution in [0.3, 0.4) is 0 Å². The SMILES string of the molecule is Cc1ccc(CNC(=O)CN2CC(O)CC2C(=O)O)cc1. The quantitative estimate of drug-likeness (QED) is 0.718. The van der Waals surface area contributed by atoms with E-state index in [-0.39, 0.29) is 25.4 Å². The molecule has 0 bridgehead atoms. The van der Waals surface area contributed by atoms with Gasteiger partial charge in [-0.1, -0.05) is 29.8 Å². The van der Waals surface area contributed by atoms with Crippen LogP contribution in [0, 0.1) is 6.92 Å². The lowest BCUT2D eigenvalue weighted by Crippen LogP contribution is -2.43. The van der Waals surface area contributed by atoms with Crippen LogP contribution in [-0.2, 0) is 16.1 Å². The number of carboxylic acid groups (broad SMARTS) is 1. The maximum Gasteiger partial charge on any atom is 0.321 e. The van der Waals surface area contributed by atoms with Crippen LogP contribution in [0.2, 0.25) is 0 Å². The van der Waals surface area contributed by atoms with Gasteiger partial charge >= 0.3 is 5.97 Å². The summed E-state index contributed by atoms with van der Waals surface area (Å²) in [6, 6.07) is 7.03. The summed E-state index contributed by atoms with van der Waals surface area (Å²) < 4.78 is 0. The predicted molar refractivity (Wildman–Crippen MR) is 76.6 cm³/mol. The first kappa shape index (κ1) is 15.5. The molecule has 2 atom stereocenters. The molecule has 1 fully saturated rings. The first-order valence-electron chi connectivity index (χ1n) is 6.93. The Kier molecular flexibility index (Phi) is 4.93. The van der Waals surface area contributed by atoms with Gasteiger partial charge in [0.1, 0.15) is 6.04 Å². The van der Waals surface area contributed by atoms with Crippen LogP contribution in [-0.4, -0.2) is 52.2 Å². The lowest BCUT2D eigenvalue weighted by Gasteiger charge is -2.19. The number of carbonyl (C=O) groups excluding carboxylic acids is 1. The topological polar surface area (TPSA) is 89.9 Å². The average Bonchev–Trinajstić information content (AvgIpc) is 2.79. The van der Waals surface area contributed by atoms with Gasteiger partial charge in [-0.2, -0.15) is 0 Å². The van der Waals surface area contributed by atoms with E-state index in [1.54, 1.807) is 0 Å². The highest BCUT2D eigenvalue weighted by Crippen LogP contribution is 2.17. The molecule has 0 radical (unpaired) electrons. The molecule has 0 aliphatic carbocycles. The van der Waals surface area contributed by atoms with E-state index < -0.39 is 18.1 Å². The largest absolute Gasteiger partial charge is 0.480 e. The molecule has 0 saturated carbocycles. The molecule has 2 unspecified atom stereocenters. The number of β-amino-alcohol motifs (C(OH)–C–C–N with tert-alkyl or cyclic N) is 1. The van der Waals surface area contributed by atoms with Crippen molar-refractivity contribution in [2.24, 2.45) is 0 Å². The fraction of sp³-hybridized carbons (Fsp3) is 0.467. The first-order valence-corrected chi connectivity index (χ1v) is 6.93. The summed E-state index contributed by atoms with van der Waals surface area (Å²) in [5.74, 6) is -1.24. The minimum atomic E-state index is -1.00. The summed E-state index contributed by atoms with van der Waals surface area (Å²) in [5, 5.41) is 21.4. The number of aliphatic hydroxyl groups is 1. The smallest absolute Gasteiger partial charge is 0.321 e. The van der Waals surface area contributed by atoms with E-state index >= 15 is 0 Å². The summed E-state index contributed by atoms with van der Waals surface area (Å²) in [5.41, 5.74) is 2.14. The average molecular weight is 292 g/mol. The molecule has 1 aliphatic heterocycles. The molecule has 0 spiro atoms. The van der Waals surface area contributed by atoms with Crippen molar-refractivity contribution >= 4 is 11.9 Å². The number of carboxylic acids is 1. The molecule has 0 aromatic heterocycles. The van der Waals surface area contributed by atoms with E-state index in [2.05, 4.69) is 5.32 Å². The molecule has 114 valence electrons. The highest BCUT2D eigenvalue weighted by atomic mass is 16.4. The minimum Gasteiger partial charge on any atom is -0.480 e. The van der Waals surface area contributed by atoms with Gasteiger partial charge in [-0.15, -0.1) is 0 Å². The molecule has 1 heterocycles. The van der Waals surface area contributed by atoms with Crippen LogP contribution in [0.25, 0.3) is 0 Å². The zero-order valence-corrected chi connectivity index (χ0v) is 12.0. The third kappa shape index (κ3) is 4.27. The molecule has 1 saturated heterocycles. The molecule has 21 heavy (non-hydrogen) atoms. The number of aliphatic carboxylic acids is 1. The number of nitrogens with zero attached hydrogens (tertiary/aromatic N) is 1. The van der Waals surface area contributed by atoms with Crippen LogP contribution in [0.5, 0.6) is 0 Å². The van der Waals surface area contributed by atoms with Gasteiger partial charge in [0.15, 0.2) is 0 Å². The fourth-order valence-electron chi connectivity index (χ4n) is 2.46. The summed E-state index contributed by atoms with van der Waals surface area (Å²) in [6.45, 7) is 2.61. The Hall–Kier alpha value is -1.92. The van der Waals surface area contributed by atoms with Crippen LogP contribution in [0.4, 0.5) is 0 Å². The van der Waals surface area contributed by atoms with E-state index in [1.807, 2.05) is 31.2 Å². The lowest BCUT2D eigenvalue weighted by molar-refractivity contribution is -0.142. The second-order valence-electron chi connectivity index (χ2n) is 5.44. The van der Waals surface area contributed by atoms with Crippen molar-refractivity contribution in [2.45, 2.75) is 32.0 Å². The third-order valence-corrected chi connectivity index (χ3v) is 3.62.